The molecule has 7 nitrogen and oxygen atoms in total. The lowest BCUT2D eigenvalue weighted by molar-refractivity contribution is 0.758. The van der Waals surface area contributed by atoms with Gasteiger partial charge in [-0.2, -0.15) is 20.1 Å². The van der Waals surface area contributed by atoms with Crippen LogP contribution >= 0.6 is 23.4 Å². The molecule has 0 bridgehead atoms. The molecule has 0 saturated heterocycles. The summed E-state index contributed by atoms with van der Waals surface area (Å²) in [7, 11) is 0. The van der Waals surface area contributed by atoms with Gasteiger partial charge in [-0.1, -0.05) is 0 Å². The van der Waals surface area contributed by atoms with Gasteiger partial charge in [0.15, 0.2) is 5.16 Å². The topological polar surface area (TPSA) is 82.3 Å². The van der Waals surface area contributed by atoms with E-state index in [-0.39, 0.29) is 5.28 Å². The highest BCUT2D eigenvalue weighted by Crippen LogP contribution is 2.22. The average molecular weight is 292 g/mol. The summed E-state index contributed by atoms with van der Waals surface area (Å²) in [4.78, 5) is 20.3. The smallest absolute Gasteiger partial charge is 0.245 e. The predicted octanol–water partition coefficient (Wildman–Crippen LogP) is 1.65. The van der Waals surface area contributed by atoms with Crippen molar-refractivity contribution in [1.82, 2.24) is 34.7 Å². The van der Waals surface area contributed by atoms with E-state index in [0.29, 0.717) is 11.1 Å². The monoisotopic (exact) mass is 291 g/mol. The quantitative estimate of drug-likeness (QED) is 0.679. The van der Waals surface area contributed by atoms with Crippen LogP contribution in [0.1, 0.15) is 0 Å². The molecular formula is C10H6ClN7S. The van der Waals surface area contributed by atoms with Crippen molar-refractivity contribution in [3.63, 3.8) is 0 Å². The van der Waals surface area contributed by atoms with Crippen molar-refractivity contribution in [2.45, 2.75) is 10.2 Å². The van der Waals surface area contributed by atoms with E-state index in [1.807, 2.05) is 0 Å². The highest BCUT2D eigenvalue weighted by molar-refractivity contribution is 7.99. The number of aromatic nitrogens is 7. The largest absolute Gasteiger partial charge is 0.255 e. The second kappa shape index (κ2) is 5.29. The Balaban J connectivity index is 1.94. The van der Waals surface area contributed by atoms with Gasteiger partial charge in [0.25, 0.3) is 5.95 Å². The Hall–Kier alpha value is -2.06. The summed E-state index contributed by atoms with van der Waals surface area (Å²) in [5, 5.41) is 5.33. The summed E-state index contributed by atoms with van der Waals surface area (Å²) >= 11 is 7.16. The van der Waals surface area contributed by atoms with Crippen molar-refractivity contribution < 1.29 is 0 Å². The molecule has 9 heteroatoms. The zero-order valence-corrected chi connectivity index (χ0v) is 11.0. The molecule has 0 amide bonds. The Kier molecular flexibility index (Phi) is 3.34. The van der Waals surface area contributed by atoms with Crippen molar-refractivity contribution in [3.05, 3.63) is 42.3 Å². The number of nitrogens with zero attached hydrogens (tertiary/aromatic N) is 7. The fraction of sp³-hybridized carbons (Fsp3) is 0. The minimum atomic E-state index is 0.108. The fourth-order valence-electron chi connectivity index (χ4n) is 1.29. The minimum absolute atomic E-state index is 0.108. The van der Waals surface area contributed by atoms with Crippen LogP contribution in [0.3, 0.4) is 0 Å². The first-order valence-corrected chi connectivity index (χ1v) is 6.36. The van der Waals surface area contributed by atoms with Crippen molar-refractivity contribution in [2.75, 3.05) is 0 Å². The molecule has 0 atom stereocenters. The maximum absolute atomic E-state index is 5.88. The highest BCUT2D eigenvalue weighted by atomic mass is 35.5. The molecule has 0 saturated carbocycles. The standard InChI is InChI=1S/C10H6ClN7S/c11-8-15-9(18-5-1-3-14-18)17-10(16-8)19-7-2-4-12-6-13-7/h1-6H. The van der Waals surface area contributed by atoms with E-state index in [1.165, 1.54) is 22.8 Å². The third-order valence-electron chi connectivity index (χ3n) is 2.04. The van der Waals surface area contributed by atoms with Crippen LogP contribution in [0.15, 0.2) is 47.2 Å². The molecule has 0 radical (unpaired) electrons. The molecule has 19 heavy (non-hydrogen) atoms. The van der Waals surface area contributed by atoms with Crippen LogP contribution in [0.2, 0.25) is 5.28 Å². The number of hydrogen-bond donors (Lipinski definition) is 0. The molecule has 3 rings (SSSR count). The summed E-state index contributed by atoms with van der Waals surface area (Å²) < 4.78 is 1.51. The summed E-state index contributed by atoms with van der Waals surface area (Å²) in [6.07, 6.45) is 6.46. The van der Waals surface area contributed by atoms with Crippen LogP contribution in [0, 0.1) is 0 Å². The lowest BCUT2D eigenvalue weighted by atomic mass is 10.7. The average Bonchev–Trinajstić information content (AvgIpc) is 2.93. The van der Waals surface area contributed by atoms with Crippen LogP contribution in [-0.2, 0) is 0 Å². The lowest BCUT2D eigenvalue weighted by Gasteiger charge is -2.03. The number of hydrogen-bond acceptors (Lipinski definition) is 7. The van der Waals surface area contributed by atoms with Gasteiger partial charge in [0.2, 0.25) is 5.28 Å². The van der Waals surface area contributed by atoms with Gasteiger partial charge >= 0.3 is 0 Å². The summed E-state index contributed by atoms with van der Waals surface area (Å²) in [5.74, 6) is 0.363. The van der Waals surface area contributed by atoms with Gasteiger partial charge < -0.3 is 0 Å². The van der Waals surface area contributed by atoms with Crippen LogP contribution in [0.25, 0.3) is 5.95 Å². The van der Waals surface area contributed by atoms with Crippen LogP contribution in [0.4, 0.5) is 0 Å². The van der Waals surface area contributed by atoms with E-state index in [1.54, 1.807) is 30.7 Å². The molecule has 0 aliphatic heterocycles. The molecule has 3 aromatic rings. The van der Waals surface area contributed by atoms with Crippen molar-refractivity contribution in [1.29, 1.82) is 0 Å². The Morgan fingerprint density at radius 3 is 2.84 bits per heavy atom. The lowest BCUT2D eigenvalue weighted by Crippen LogP contribution is -2.04. The minimum Gasteiger partial charge on any atom is -0.245 e. The zero-order valence-electron chi connectivity index (χ0n) is 9.38. The second-order valence-electron chi connectivity index (χ2n) is 3.29. The van der Waals surface area contributed by atoms with Gasteiger partial charge in [-0.3, -0.25) is 0 Å². The molecule has 94 valence electrons. The molecule has 0 N–H and O–H groups in total. The first-order valence-electron chi connectivity index (χ1n) is 5.17. The third kappa shape index (κ3) is 2.85. The van der Waals surface area contributed by atoms with Gasteiger partial charge in [-0.15, -0.1) is 0 Å². The molecule has 3 aromatic heterocycles. The fourth-order valence-corrected chi connectivity index (χ4v) is 2.17. The van der Waals surface area contributed by atoms with Gasteiger partial charge in [0, 0.05) is 18.6 Å². The molecule has 0 fully saturated rings. The maximum atomic E-state index is 5.88. The van der Waals surface area contributed by atoms with Gasteiger partial charge in [-0.05, 0) is 35.5 Å². The number of halogens is 1. The first kappa shape index (κ1) is 12.0. The van der Waals surface area contributed by atoms with Crippen LogP contribution < -0.4 is 0 Å². The third-order valence-corrected chi connectivity index (χ3v) is 3.02. The Labute approximate surface area is 117 Å². The maximum Gasteiger partial charge on any atom is 0.255 e. The normalized spacial score (nSPS) is 10.6. The summed E-state index contributed by atoms with van der Waals surface area (Å²) in [6, 6.07) is 3.53. The second-order valence-corrected chi connectivity index (χ2v) is 4.61. The molecule has 0 aliphatic carbocycles. The van der Waals surface area contributed by atoms with Crippen molar-refractivity contribution in [3.8, 4) is 5.95 Å². The van der Waals surface area contributed by atoms with Crippen LogP contribution in [-0.4, -0.2) is 34.7 Å². The Bertz CT molecular complexity index is 674. The van der Waals surface area contributed by atoms with E-state index in [4.69, 9.17) is 11.6 Å². The predicted molar refractivity (Wildman–Crippen MR) is 68.1 cm³/mol. The molecule has 3 heterocycles. The highest BCUT2D eigenvalue weighted by Gasteiger charge is 2.09. The van der Waals surface area contributed by atoms with E-state index < -0.39 is 0 Å². The Morgan fingerprint density at radius 1 is 1.16 bits per heavy atom. The van der Waals surface area contributed by atoms with E-state index >= 15 is 0 Å². The van der Waals surface area contributed by atoms with E-state index in [9.17, 15) is 0 Å². The first-order chi connectivity index (χ1) is 9.31. The van der Waals surface area contributed by atoms with Crippen molar-refractivity contribution in [2.24, 2.45) is 0 Å². The molecule has 0 aromatic carbocycles. The molecule has 0 unspecified atom stereocenters. The van der Waals surface area contributed by atoms with Gasteiger partial charge in [0.05, 0.1) is 0 Å². The molecule has 0 aliphatic rings. The van der Waals surface area contributed by atoms with Crippen LogP contribution in [0.5, 0.6) is 0 Å². The van der Waals surface area contributed by atoms with Gasteiger partial charge in [0.1, 0.15) is 11.4 Å². The van der Waals surface area contributed by atoms with Crippen molar-refractivity contribution >= 4 is 23.4 Å². The number of rotatable bonds is 3. The summed E-state index contributed by atoms with van der Waals surface area (Å²) in [5.41, 5.74) is 0. The van der Waals surface area contributed by atoms with E-state index in [2.05, 4.69) is 30.0 Å². The SMILES string of the molecule is Clc1nc(Sc2ccncn2)nc(-n2cccn2)n1. The zero-order chi connectivity index (χ0) is 13.1. The Morgan fingerprint density at radius 2 is 2.11 bits per heavy atom. The van der Waals surface area contributed by atoms with E-state index in [0.717, 1.165) is 5.03 Å². The summed E-state index contributed by atoms with van der Waals surface area (Å²) in [6.45, 7) is 0. The van der Waals surface area contributed by atoms with Gasteiger partial charge in [-0.25, -0.2) is 14.6 Å². The molecular weight excluding hydrogens is 286 g/mol. The molecule has 0 spiro atoms.